The zero-order valence-electron chi connectivity index (χ0n) is 12.9. The quantitative estimate of drug-likeness (QED) is 0.829. The standard InChI is InChI=1S/C16H31N3/c1-12-6-7-19(13(2)8-12)16(11-17)9-14-4-5-15(10-16)18(14)3/h12-15H,4-11,17H2,1-3H3. The van der Waals surface area contributed by atoms with Crippen LogP contribution < -0.4 is 5.73 Å². The lowest BCUT2D eigenvalue weighted by Gasteiger charge is -2.55. The van der Waals surface area contributed by atoms with Crippen LogP contribution in [-0.2, 0) is 0 Å². The third-order valence-electron chi connectivity index (χ3n) is 6.34. The molecule has 19 heavy (non-hydrogen) atoms. The molecule has 0 amide bonds. The Bertz CT molecular complexity index is 316. The zero-order valence-corrected chi connectivity index (χ0v) is 12.9. The van der Waals surface area contributed by atoms with E-state index < -0.39 is 0 Å². The molecule has 3 saturated heterocycles. The smallest absolute Gasteiger partial charge is 0.0364 e. The summed E-state index contributed by atoms with van der Waals surface area (Å²) in [5.74, 6) is 0.893. The lowest BCUT2D eigenvalue weighted by atomic mass is 9.78. The number of hydrogen-bond acceptors (Lipinski definition) is 3. The first kappa shape index (κ1) is 13.8. The van der Waals surface area contributed by atoms with Gasteiger partial charge in [-0.1, -0.05) is 6.92 Å². The van der Waals surface area contributed by atoms with Crippen LogP contribution in [0.1, 0.15) is 52.4 Å². The number of rotatable bonds is 2. The van der Waals surface area contributed by atoms with Gasteiger partial charge in [-0.3, -0.25) is 4.90 Å². The van der Waals surface area contributed by atoms with Gasteiger partial charge in [0.2, 0.25) is 0 Å². The van der Waals surface area contributed by atoms with Gasteiger partial charge in [0.05, 0.1) is 0 Å². The maximum atomic E-state index is 6.30. The number of likely N-dealkylation sites (tertiary alicyclic amines) is 1. The molecule has 3 fully saturated rings. The van der Waals surface area contributed by atoms with Crippen LogP contribution >= 0.6 is 0 Å². The Morgan fingerprint density at radius 2 is 1.74 bits per heavy atom. The van der Waals surface area contributed by atoms with Crippen LogP contribution in [0.5, 0.6) is 0 Å². The number of piperidine rings is 2. The highest BCUT2D eigenvalue weighted by molar-refractivity contribution is 5.08. The molecule has 3 heterocycles. The van der Waals surface area contributed by atoms with Crippen molar-refractivity contribution in [1.82, 2.24) is 9.80 Å². The van der Waals surface area contributed by atoms with Gasteiger partial charge in [0.25, 0.3) is 0 Å². The van der Waals surface area contributed by atoms with Crippen molar-refractivity contribution in [2.24, 2.45) is 11.7 Å². The highest BCUT2D eigenvalue weighted by atomic mass is 15.3. The minimum absolute atomic E-state index is 0.303. The Hall–Kier alpha value is -0.120. The van der Waals surface area contributed by atoms with E-state index in [9.17, 15) is 0 Å². The summed E-state index contributed by atoms with van der Waals surface area (Å²) in [6, 6.07) is 2.29. The molecule has 3 rings (SSSR count). The Morgan fingerprint density at radius 3 is 2.26 bits per heavy atom. The minimum atomic E-state index is 0.303. The van der Waals surface area contributed by atoms with Crippen molar-refractivity contribution in [2.45, 2.75) is 76.0 Å². The largest absolute Gasteiger partial charge is 0.329 e. The molecule has 0 aromatic heterocycles. The van der Waals surface area contributed by atoms with Crippen molar-refractivity contribution < 1.29 is 0 Å². The van der Waals surface area contributed by atoms with Crippen molar-refractivity contribution in [3.8, 4) is 0 Å². The summed E-state index contributed by atoms with van der Waals surface area (Å²) < 4.78 is 0. The Balaban J connectivity index is 1.80. The van der Waals surface area contributed by atoms with Gasteiger partial charge in [-0.05, 0) is 65.0 Å². The van der Waals surface area contributed by atoms with Crippen LogP contribution in [0.25, 0.3) is 0 Å². The average Bonchev–Trinajstić information content (AvgIpc) is 2.62. The van der Waals surface area contributed by atoms with Gasteiger partial charge in [0.15, 0.2) is 0 Å². The monoisotopic (exact) mass is 265 g/mol. The van der Waals surface area contributed by atoms with E-state index in [1.54, 1.807) is 0 Å². The van der Waals surface area contributed by atoms with Gasteiger partial charge in [-0.25, -0.2) is 0 Å². The van der Waals surface area contributed by atoms with Crippen molar-refractivity contribution in [1.29, 1.82) is 0 Å². The molecule has 3 aliphatic heterocycles. The first-order chi connectivity index (χ1) is 9.05. The van der Waals surface area contributed by atoms with Crippen LogP contribution in [-0.4, -0.2) is 53.6 Å². The van der Waals surface area contributed by atoms with Gasteiger partial charge in [0, 0.05) is 30.2 Å². The molecular formula is C16H31N3. The Labute approximate surface area is 118 Å². The maximum absolute atomic E-state index is 6.30. The molecule has 2 bridgehead atoms. The number of nitrogens with zero attached hydrogens (tertiary/aromatic N) is 2. The van der Waals surface area contributed by atoms with Crippen LogP contribution in [0.4, 0.5) is 0 Å². The molecule has 0 spiro atoms. The van der Waals surface area contributed by atoms with E-state index in [2.05, 4.69) is 30.7 Å². The lowest BCUT2D eigenvalue weighted by Crippen LogP contribution is -2.65. The van der Waals surface area contributed by atoms with E-state index in [0.717, 1.165) is 30.6 Å². The Morgan fingerprint density at radius 1 is 1.11 bits per heavy atom. The van der Waals surface area contributed by atoms with E-state index in [0.29, 0.717) is 5.54 Å². The summed E-state index contributed by atoms with van der Waals surface area (Å²) in [5, 5.41) is 0. The summed E-state index contributed by atoms with van der Waals surface area (Å²) >= 11 is 0. The van der Waals surface area contributed by atoms with Crippen molar-refractivity contribution in [2.75, 3.05) is 20.1 Å². The van der Waals surface area contributed by atoms with Crippen molar-refractivity contribution in [3.63, 3.8) is 0 Å². The van der Waals surface area contributed by atoms with E-state index in [-0.39, 0.29) is 0 Å². The molecular weight excluding hydrogens is 234 g/mol. The van der Waals surface area contributed by atoms with Gasteiger partial charge >= 0.3 is 0 Å². The topological polar surface area (TPSA) is 32.5 Å². The number of hydrogen-bond donors (Lipinski definition) is 1. The van der Waals surface area contributed by atoms with E-state index >= 15 is 0 Å². The molecule has 0 radical (unpaired) electrons. The molecule has 4 unspecified atom stereocenters. The molecule has 0 saturated carbocycles. The first-order valence-corrected chi connectivity index (χ1v) is 8.24. The first-order valence-electron chi connectivity index (χ1n) is 8.24. The van der Waals surface area contributed by atoms with Crippen LogP contribution in [0.2, 0.25) is 0 Å². The molecule has 4 atom stereocenters. The highest BCUT2D eigenvalue weighted by Gasteiger charge is 2.50. The average molecular weight is 265 g/mol. The SMILES string of the molecule is CC1CCN(C2(CN)CC3CCC(C2)N3C)C(C)C1. The second-order valence-electron chi connectivity index (χ2n) is 7.56. The lowest BCUT2D eigenvalue weighted by molar-refractivity contribution is -0.0420. The molecule has 2 N–H and O–H groups in total. The number of fused-ring (bicyclic) bond motifs is 2. The van der Waals surface area contributed by atoms with Gasteiger partial charge in [-0.15, -0.1) is 0 Å². The summed E-state index contributed by atoms with van der Waals surface area (Å²) in [6.07, 6.45) is 8.09. The molecule has 0 aliphatic carbocycles. The maximum Gasteiger partial charge on any atom is 0.0364 e. The fourth-order valence-electron chi connectivity index (χ4n) is 5.17. The summed E-state index contributed by atoms with van der Waals surface area (Å²) in [4.78, 5) is 5.43. The van der Waals surface area contributed by atoms with E-state index in [1.807, 2.05) is 0 Å². The molecule has 110 valence electrons. The molecule has 3 heteroatoms. The molecule has 3 nitrogen and oxygen atoms in total. The fourth-order valence-corrected chi connectivity index (χ4v) is 5.17. The Kier molecular flexibility index (Phi) is 3.65. The van der Waals surface area contributed by atoms with Gasteiger partial charge in [-0.2, -0.15) is 0 Å². The van der Waals surface area contributed by atoms with E-state index in [4.69, 9.17) is 5.73 Å². The summed E-state index contributed by atoms with van der Waals surface area (Å²) in [5.41, 5.74) is 6.61. The predicted molar refractivity (Wildman–Crippen MR) is 80.2 cm³/mol. The second kappa shape index (κ2) is 5.01. The molecule has 3 aliphatic rings. The highest BCUT2D eigenvalue weighted by Crippen LogP contribution is 2.44. The summed E-state index contributed by atoms with van der Waals surface area (Å²) in [6.45, 7) is 6.95. The van der Waals surface area contributed by atoms with Gasteiger partial charge < -0.3 is 10.6 Å². The van der Waals surface area contributed by atoms with Crippen molar-refractivity contribution >= 4 is 0 Å². The normalized spacial score (nSPS) is 48.6. The fraction of sp³-hybridized carbons (Fsp3) is 1.00. The van der Waals surface area contributed by atoms with Crippen LogP contribution in [0, 0.1) is 5.92 Å². The predicted octanol–water partition coefficient (Wildman–Crippen LogP) is 2.06. The van der Waals surface area contributed by atoms with Crippen LogP contribution in [0.15, 0.2) is 0 Å². The third kappa shape index (κ3) is 2.24. The van der Waals surface area contributed by atoms with Crippen LogP contribution in [0.3, 0.4) is 0 Å². The van der Waals surface area contributed by atoms with Crippen molar-refractivity contribution in [3.05, 3.63) is 0 Å². The van der Waals surface area contributed by atoms with Gasteiger partial charge in [0.1, 0.15) is 0 Å². The summed E-state index contributed by atoms with van der Waals surface area (Å²) in [7, 11) is 2.32. The zero-order chi connectivity index (χ0) is 13.6. The molecule has 0 aromatic rings. The minimum Gasteiger partial charge on any atom is -0.329 e. The van der Waals surface area contributed by atoms with E-state index in [1.165, 1.54) is 45.1 Å². The third-order valence-corrected chi connectivity index (χ3v) is 6.34. The molecule has 0 aromatic carbocycles. The second-order valence-corrected chi connectivity index (χ2v) is 7.56. The number of nitrogens with two attached hydrogens (primary N) is 1.